The monoisotopic (exact) mass is 268 g/mol. The number of carbonyl (C=O) groups excluding carboxylic acids is 1. The summed E-state index contributed by atoms with van der Waals surface area (Å²) >= 11 is 5.98. The van der Waals surface area contributed by atoms with E-state index in [0.29, 0.717) is 22.8 Å². The van der Waals surface area contributed by atoms with Crippen LogP contribution in [0.2, 0.25) is 5.02 Å². The molecule has 0 aromatic heterocycles. The summed E-state index contributed by atoms with van der Waals surface area (Å²) in [7, 11) is 0. The highest BCUT2D eigenvalue weighted by Gasteiger charge is 2.18. The first-order chi connectivity index (χ1) is 8.65. The first kappa shape index (κ1) is 13.2. The third-order valence-electron chi connectivity index (χ3n) is 2.95. The van der Waals surface area contributed by atoms with Gasteiger partial charge in [-0.1, -0.05) is 11.6 Å². The van der Waals surface area contributed by atoms with E-state index in [1.807, 2.05) is 0 Å². The molecule has 1 unspecified atom stereocenters. The Labute approximate surface area is 111 Å². The minimum Gasteiger partial charge on any atom is -0.399 e. The van der Waals surface area contributed by atoms with E-state index in [9.17, 15) is 4.79 Å². The fraction of sp³-hybridized carbons (Fsp3) is 0.462. The fourth-order valence-corrected chi connectivity index (χ4v) is 2.18. The Kier molecular flexibility index (Phi) is 4.44. The highest BCUT2D eigenvalue weighted by molar-refractivity contribution is 6.33. The second-order valence-corrected chi connectivity index (χ2v) is 4.89. The van der Waals surface area contributed by atoms with Gasteiger partial charge >= 0.3 is 0 Å². The first-order valence-corrected chi connectivity index (χ1v) is 6.49. The molecule has 1 fully saturated rings. The highest BCUT2D eigenvalue weighted by atomic mass is 35.5. The molecule has 1 aromatic carbocycles. The largest absolute Gasteiger partial charge is 0.399 e. The number of halogens is 1. The minimum atomic E-state index is -0.0885. The van der Waals surface area contributed by atoms with Crippen molar-refractivity contribution in [1.82, 2.24) is 0 Å². The van der Waals surface area contributed by atoms with Crippen LogP contribution >= 0.6 is 11.6 Å². The molecule has 3 N–H and O–H groups in total. The number of nitrogens with two attached hydrogens (primary N) is 1. The topological polar surface area (TPSA) is 64.3 Å². The van der Waals surface area contributed by atoms with Gasteiger partial charge in [-0.3, -0.25) is 4.79 Å². The average molecular weight is 269 g/mol. The van der Waals surface area contributed by atoms with Crippen molar-refractivity contribution in [2.24, 2.45) is 0 Å². The summed E-state index contributed by atoms with van der Waals surface area (Å²) in [5.74, 6) is -0.0885. The lowest BCUT2D eigenvalue weighted by Gasteiger charge is -2.22. The Morgan fingerprint density at radius 1 is 1.50 bits per heavy atom. The summed E-state index contributed by atoms with van der Waals surface area (Å²) < 4.78 is 5.52. The molecule has 1 aromatic rings. The molecule has 2 rings (SSSR count). The number of anilines is 2. The Morgan fingerprint density at radius 2 is 2.33 bits per heavy atom. The van der Waals surface area contributed by atoms with E-state index in [4.69, 9.17) is 22.1 Å². The average Bonchev–Trinajstić information content (AvgIpc) is 2.35. The molecule has 0 radical (unpaired) electrons. The maximum atomic E-state index is 11.9. The Morgan fingerprint density at radius 3 is 3.06 bits per heavy atom. The third-order valence-corrected chi connectivity index (χ3v) is 3.28. The number of hydrogen-bond donors (Lipinski definition) is 2. The number of carbonyl (C=O) groups is 1. The van der Waals surface area contributed by atoms with Crippen molar-refractivity contribution in [2.45, 2.75) is 31.8 Å². The van der Waals surface area contributed by atoms with E-state index < -0.39 is 0 Å². The van der Waals surface area contributed by atoms with Crippen LogP contribution in [-0.4, -0.2) is 18.6 Å². The molecule has 1 aliphatic rings. The van der Waals surface area contributed by atoms with Gasteiger partial charge in [0, 0.05) is 12.3 Å². The molecule has 1 heterocycles. The standard InChI is InChI=1S/C13H17ClN2O2/c14-11-5-4-9(15)7-12(11)16-13(17)8-10-3-1-2-6-18-10/h4-5,7,10H,1-3,6,8,15H2,(H,16,17). The number of rotatable bonds is 3. The zero-order valence-corrected chi connectivity index (χ0v) is 10.9. The summed E-state index contributed by atoms with van der Waals surface area (Å²) in [6, 6.07) is 5.02. The fourth-order valence-electron chi connectivity index (χ4n) is 2.02. The van der Waals surface area contributed by atoms with Gasteiger partial charge in [-0.25, -0.2) is 0 Å². The molecule has 1 amide bonds. The van der Waals surface area contributed by atoms with Gasteiger partial charge in [-0.05, 0) is 37.5 Å². The van der Waals surface area contributed by atoms with E-state index >= 15 is 0 Å². The number of hydrogen-bond acceptors (Lipinski definition) is 3. The summed E-state index contributed by atoms with van der Waals surface area (Å²) in [4.78, 5) is 11.9. The number of nitrogen functional groups attached to an aromatic ring is 1. The van der Waals surface area contributed by atoms with E-state index in [-0.39, 0.29) is 12.0 Å². The van der Waals surface area contributed by atoms with Gasteiger partial charge in [0.1, 0.15) is 0 Å². The van der Waals surface area contributed by atoms with E-state index in [2.05, 4.69) is 5.32 Å². The van der Waals surface area contributed by atoms with Crippen LogP contribution in [0, 0.1) is 0 Å². The summed E-state index contributed by atoms with van der Waals surface area (Å²) in [6.45, 7) is 0.747. The maximum Gasteiger partial charge on any atom is 0.227 e. The van der Waals surface area contributed by atoms with Gasteiger partial charge in [-0.15, -0.1) is 0 Å². The lowest BCUT2D eigenvalue weighted by atomic mass is 10.1. The van der Waals surface area contributed by atoms with Crippen molar-refractivity contribution in [3.63, 3.8) is 0 Å². The smallest absolute Gasteiger partial charge is 0.227 e. The van der Waals surface area contributed by atoms with Crippen molar-refractivity contribution in [2.75, 3.05) is 17.7 Å². The molecule has 0 spiro atoms. The normalized spacial score (nSPS) is 19.5. The van der Waals surface area contributed by atoms with E-state index in [1.165, 1.54) is 0 Å². The van der Waals surface area contributed by atoms with Crippen LogP contribution < -0.4 is 11.1 Å². The lowest BCUT2D eigenvalue weighted by Crippen LogP contribution is -2.25. The predicted molar refractivity (Wildman–Crippen MR) is 72.7 cm³/mol. The summed E-state index contributed by atoms with van der Waals surface area (Å²) in [5, 5.41) is 3.26. The zero-order valence-electron chi connectivity index (χ0n) is 10.1. The number of nitrogens with one attached hydrogen (secondary N) is 1. The molecule has 1 atom stereocenters. The van der Waals surface area contributed by atoms with Crippen LogP contribution in [0.5, 0.6) is 0 Å². The van der Waals surface area contributed by atoms with Gasteiger partial charge in [0.05, 0.1) is 23.2 Å². The number of benzene rings is 1. The molecule has 0 aliphatic carbocycles. The molecule has 98 valence electrons. The molecule has 0 bridgehead atoms. The first-order valence-electron chi connectivity index (χ1n) is 6.11. The Bertz CT molecular complexity index is 431. The van der Waals surface area contributed by atoms with Crippen LogP contribution in [-0.2, 0) is 9.53 Å². The number of ether oxygens (including phenoxy) is 1. The van der Waals surface area contributed by atoms with E-state index in [0.717, 1.165) is 25.9 Å². The van der Waals surface area contributed by atoms with Crippen molar-refractivity contribution in [1.29, 1.82) is 0 Å². The van der Waals surface area contributed by atoms with Crippen LogP contribution in [0.1, 0.15) is 25.7 Å². The quantitative estimate of drug-likeness (QED) is 0.829. The van der Waals surface area contributed by atoms with Crippen molar-refractivity contribution >= 4 is 28.9 Å². The van der Waals surface area contributed by atoms with Crippen LogP contribution in [0.4, 0.5) is 11.4 Å². The minimum absolute atomic E-state index is 0.0265. The van der Waals surface area contributed by atoms with Gasteiger partial charge in [-0.2, -0.15) is 0 Å². The molecule has 4 nitrogen and oxygen atoms in total. The highest BCUT2D eigenvalue weighted by Crippen LogP contribution is 2.24. The maximum absolute atomic E-state index is 11.9. The van der Waals surface area contributed by atoms with Crippen LogP contribution in [0.25, 0.3) is 0 Å². The van der Waals surface area contributed by atoms with Gasteiger partial charge < -0.3 is 15.8 Å². The van der Waals surface area contributed by atoms with Gasteiger partial charge in [0.25, 0.3) is 0 Å². The molecule has 1 saturated heterocycles. The molecular formula is C13H17ClN2O2. The molecule has 5 heteroatoms. The third kappa shape index (κ3) is 3.62. The summed E-state index contributed by atoms with van der Waals surface area (Å²) in [5.41, 5.74) is 6.78. The van der Waals surface area contributed by atoms with Crippen LogP contribution in [0.3, 0.4) is 0 Å². The predicted octanol–water partition coefficient (Wildman–Crippen LogP) is 2.82. The molecule has 1 aliphatic heterocycles. The second kappa shape index (κ2) is 6.07. The summed E-state index contributed by atoms with van der Waals surface area (Å²) in [6.07, 6.45) is 3.54. The van der Waals surface area contributed by atoms with Crippen LogP contribution in [0.15, 0.2) is 18.2 Å². The Balaban J connectivity index is 1.92. The van der Waals surface area contributed by atoms with Gasteiger partial charge in [0.2, 0.25) is 5.91 Å². The second-order valence-electron chi connectivity index (χ2n) is 4.48. The molecular weight excluding hydrogens is 252 g/mol. The zero-order chi connectivity index (χ0) is 13.0. The SMILES string of the molecule is Nc1ccc(Cl)c(NC(=O)CC2CCCCO2)c1. The van der Waals surface area contributed by atoms with Crippen molar-refractivity contribution in [3.8, 4) is 0 Å². The van der Waals surface area contributed by atoms with E-state index in [1.54, 1.807) is 18.2 Å². The Hall–Kier alpha value is -1.26. The lowest BCUT2D eigenvalue weighted by molar-refractivity contribution is -0.119. The molecule has 18 heavy (non-hydrogen) atoms. The van der Waals surface area contributed by atoms with Gasteiger partial charge in [0.15, 0.2) is 0 Å². The van der Waals surface area contributed by atoms with Crippen molar-refractivity contribution < 1.29 is 9.53 Å². The molecule has 0 saturated carbocycles. The van der Waals surface area contributed by atoms with Crippen molar-refractivity contribution in [3.05, 3.63) is 23.2 Å². The number of amides is 1.